The summed E-state index contributed by atoms with van der Waals surface area (Å²) in [6.07, 6.45) is 2.30. The topological polar surface area (TPSA) is 15.8 Å². The first-order valence-corrected chi connectivity index (χ1v) is 4.76. The highest BCUT2D eigenvalue weighted by atomic mass is 31.0. The minimum atomic E-state index is 0.399. The van der Waals surface area contributed by atoms with Crippen LogP contribution in [0.1, 0.15) is 20.3 Å². The number of ether oxygens (including phenoxy) is 1. The van der Waals surface area contributed by atoms with Crippen molar-refractivity contribution < 1.29 is 4.74 Å². The van der Waals surface area contributed by atoms with Crippen LogP contribution in [-0.4, -0.2) is 30.0 Å². The SMILES string of the molecule is CC1(C)CCN(P)CC2OC21. The molecule has 2 aliphatic rings. The Morgan fingerprint density at radius 3 is 3.00 bits per heavy atom. The maximum atomic E-state index is 5.59. The van der Waals surface area contributed by atoms with Crippen molar-refractivity contribution in [1.82, 2.24) is 4.67 Å². The lowest BCUT2D eigenvalue weighted by Crippen LogP contribution is -2.21. The molecule has 0 aliphatic carbocycles. The molecule has 11 heavy (non-hydrogen) atoms. The van der Waals surface area contributed by atoms with Crippen LogP contribution in [0.25, 0.3) is 0 Å². The molecule has 0 amide bonds. The van der Waals surface area contributed by atoms with Crippen LogP contribution in [-0.2, 0) is 4.74 Å². The van der Waals surface area contributed by atoms with Gasteiger partial charge in [0.2, 0.25) is 0 Å². The molecule has 3 heteroatoms. The molecule has 2 aliphatic heterocycles. The lowest BCUT2D eigenvalue weighted by molar-refractivity contribution is 0.200. The molecule has 0 aromatic rings. The molecule has 3 atom stereocenters. The molecular formula is C8H16NOP. The van der Waals surface area contributed by atoms with Crippen molar-refractivity contribution in [3.63, 3.8) is 0 Å². The number of fused-ring (bicyclic) bond motifs is 1. The summed E-state index contributed by atoms with van der Waals surface area (Å²) in [6, 6.07) is 0. The van der Waals surface area contributed by atoms with Crippen molar-refractivity contribution >= 4 is 9.39 Å². The lowest BCUT2D eigenvalue weighted by Gasteiger charge is -2.22. The maximum absolute atomic E-state index is 5.59. The van der Waals surface area contributed by atoms with E-state index >= 15 is 0 Å². The summed E-state index contributed by atoms with van der Waals surface area (Å²) in [4.78, 5) is 0. The van der Waals surface area contributed by atoms with E-state index in [-0.39, 0.29) is 0 Å². The highest BCUT2D eigenvalue weighted by Crippen LogP contribution is 2.43. The van der Waals surface area contributed by atoms with Crippen LogP contribution >= 0.6 is 9.39 Å². The van der Waals surface area contributed by atoms with Gasteiger partial charge in [-0.25, -0.2) is 0 Å². The van der Waals surface area contributed by atoms with Gasteiger partial charge in [0.15, 0.2) is 0 Å². The highest BCUT2D eigenvalue weighted by Gasteiger charge is 2.51. The van der Waals surface area contributed by atoms with Gasteiger partial charge in [-0.1, -0.05) is 23.2 Å². The van der Waals surface area contributed by atoms with Crippen LogP contribution in [0.5, 0.6) is 0 Å². The van der Waals surface area contributed by atoms with E-state index in [0.29, 0.717) is 17.6 Å². The van der Waals surface area contributed by atoms with E-state index in [0.717, 1.165) is 6.54 Å². The number of rotatable bonds is 0. The van der Waals surface area contributed by atoms with E-state index in [1.165, 1.54) is 13.0 Å². The van der Waals surface area contributed by atoms with E-state index in [2.05, 4.69) is 27.9 Å². The monoisotopic (exact) mass is 173 g/mol. The molecule has 0 radical (unpaired) electrons. The van der Waals surface area contributed by atoms with Gasteiger partial charge in [0.05, 0.1) is 12.2 Å². The van der Waals surface area contributed by atoms with E-state index in [1.54, 1.807) is 0 Å². The molecule has 2 nitrogen and oxygen atoms in total. The van der Waals surface area contributed by atoms with Gasteiger partial charge in [-0.3, -0.25) is 4.67 Å². The van der Waals surface area contributed by atoms with Gasteiger partial charge in [0, 0.05) is 13.1 Å². The van der Waals surface area contributed by atoms with E-state index in [1.807, 2.05) is 0 Å². The standard InChI is InChI=1S/C8H16NOP/c1-8(2)3-4-9(11)5-6-7(8)10-6/h6-7H,3-5,11H2,1-2H3. The Labute approximate surface area is 70.5 Å². The number of epoxide rings is 1. The van der Waals surface area contributed by atoms with Gasteiger partial charge >= 0.3 is 0 Å². The molecule has 64 valence electrons. The van der Waals surface area contributed by atoms with E-state index in [4.69, 9.17) is 4.74 Å². The molecule has 0 N–H and O–H groups in total. The van der Waals surface area contributed by atoms with Crippen LogP contribution in [0, 0.1) is 5.41 Å². The molecule has 0 bridgehead atoms. The Kier molecular flexibility index (Phi) is 1.75. The number of hydrogen-bond acceptors (Lipinski definition) is 2. The van der Waals surface area contributed by atoms with Gasteiger partial charge in [-0.05, 0) is 11.8 Å². The average molecular weight is 173 g/mol. The predicted octanol–water partition coefficient (Wildman–Crippen LogP) is 1.28. The van der Waals surface area contributed by atoms with Crippen LogP contribution in [0.3, 0.4) is 0 Å². The van der Waals surface area contributed by atoms with E-state index in [9.17, 15) is 0 Å². The van der Waals surface area contributed by atoms with Crippen molar-refractivity contribution in [2.24, 2.45) is 5.41 Å². The zero-order valence-electron chi connectivity index (χ0n) is 7.21. The second-order valence-electron chi connectivity index (χ2n) is 4.33. The third-order valence-electron chi connectivity index (χ3n) is 2.81. The van der Waals surface area contributed by atoms with Crippen LogP contribution in [0.4, 0.5) is 0 Å². The van der Waals surface area contributed by atoms with Crippen molar-refractivity contribution in [2.75, 3.05) is 13.1 Å². The summed E-state index contributed by atoms with van der Waals surface area (Å²) in [6.45, 7) is 6.90. The zero-order valence-corrected chi connectivity index (χ0v) is 8.36. The fourth-order valence-electron chi connectivity index (χ4n) is 1.87. The average Bonchev–Trinajstić information content (AvgIpc) is 2.62. The summed E-state index contributed by atoms with van der Waals surface area (Å²) in [5.41, 5.74) is 0.399. The van der Waals surface area contributed by atoms with E-state index < -0.39 is 0 Å². The Morgan fingerprint density at radius 1 is 1.55 bits per heavy atom. The Morgan fingerprint density at radius 2 is 2.27 bits per heavy atom. The van der Waals surface area contributed by atoms with Gasteiger partial charge in [0.1, 0.15) is 0 Å². The second kappa shape index (κ2) is 2.42. The summed E-state index contributed by atoms with van der Waals surface area (Å²) in [5, 5.41) is 0. The molecule has 2 fully saturated rings. The first-order chi connectivity index (χ1) is 5.09. The minimum absolute atomic E-state index is 0.399. The van der Waals surface area contributed by atoms with Gasteiger partial charge in [0.25, 0.3) is 0 Å². The normalized spacial score (nSPS) is 42.8. The second-order valence-corrected chi connectivity index (χ2v) is 5.06. The fourth-order valence-corrected chi connectivity index (χ4v) is 2.20. The fraction of sp³-hybridized carbons (Fsp3) is 1.00. The van der Waals surface area contributed by atoms with Gasteiger partial charge in [-0.2, -0.15) is 0 Å². The largest absolute Gasteiger partial charge is 0.368 e. The smallest absolute Gasteiger partial charge is 0.0977 e. The Hall–Kier alpha value is 0.350. The molecule has 0 spiro atoms. The highest BCUT2D eigenvalue weighted by molar-refractivity contribution is 7.13. The molecule has 2 heterocycles. The number of nitrogens with zero attached hydrogens (tertiary/aromatic N) is 1. The molecule has 0 aromatic carbocycles. The Balaban J connectivity index is 2.07. The first-order valence-electron chi connectivity index (χ1n) is 4.25. The molecule has 2 saturated heterocycles. The summed E-state index contributed by atoms with van der Waals surface area (Å²) >= 11 is 0. The summed E-state index contributed by atoms with van der Waals surface area (Å²) in [5.74, 6) is 0. The predicted molar refractivity (Wildman–Crippen MR) is 48.3 cm³/mol. The lowest BCUT2D eigenvalue weighted by atomic mass is 9.85. The minimum Gasteiger partial charge on any atom is -0.368 e. The maximum Gasteiger partial charge on any atom is 0.0977 e. The third-order valence-corrected chi connectivity index (χ3v) is 3.28. The number of hydrogen-bond donors (Lipinski definition) is 0. The van der Waals surface area contributed by atoms with Crippen molar-refractivity contribution in [1.29, 1.82) is 0 Å². The van der Waals surface area contributed by atoms with Crippen LogP contribution in [0.2, 0.25) is 0 Å². The molecule has 2 rings (SSSR count). The van der Waals surface area contributed by atoms with Crippen molar-refractivity contribution in [3.8, 4) is 0 Å². The van der Waals surface area contributed by atoms with Crippen molar-refractivity contribution in [3.05, 3.63) is 0 Å². The Bertz CT molecular complexity index is 171. The van der Waals surface area contributed by atoms with Gasteiger partial charge in [-0.15, -0.1) is 0 Å². The molecule has 0 aromatic heterocycles. The van der Waals surface area contributed by atoms with Gasteiger partial charge < -0.3 is 4.74 Å². The van der Waals surface area contributed by atoms with Crippen molar-refractivity contribution in [2.45, 2.75) is 32.5 Å². The van der Waals surface area contributed by atoms with Crippen LogP contribution in [0.15, 0.2) is 0 Å². The molecular weight excluding hydrogens is 157 g/mol. The summed E-state index contributed by atoms with van der Waals surface area (Å²) < 4.78 is 7.88. The zero-order chi connectivity index (χ0) is 8.06. The van der Waals surface area contributed by atoms with Crippen LogP contribution < -0.4 is 0 Å². The molecule has 3 unspecified atom stereocenters. The third kappa shape index (κ3) is 1.44. The quantitative estimate of drug-likeness (QED) is 0.405. The first kappa shape index (κ1) is 7.97. The molecule has 0 saturated carbocycles. The summed E-state index contributed by atoms with van der Waals surface area (Å²) in [7, 11) is 2.77.